The second-order valence-corrected chi connectivity index (χ2v) is 4.68. The summed E-state index contributed by atoms with van der Waals surface area (Å²) >= 11 is 6.16. The average molecular weight is 250 g/mol. The summed E-state index contributed by atoms with van der Waals surface area (Å²) in [5.41, 5.74) is 7.22. The minimum atomic E-state index is 0.400. The Hall–Kier alpha value is -1.62. The molecule has 0 aliphatic heterocycles. The fourth-order valence-corrected chi connectivity index (χ4v) is 2.16. The second-order valence-electron chi connectivity index (χ2n) is 4.27. The van der Waals surface area contributed by atoms with Gasteiger partial charge in [0.2, 0.25) is 0 Å². The molecule has 1 saturated carbocycles. The standard InChI is InChI=1S/C11H12ClN5/c12-10-5-4-7(13)6-9(10)11-14-15-16-17(11)8-2-1-3-8/h4-6,8H,1-3,13H2. The van der Waals surface area contributed by atoms with Crippen LogP contribution < -0.4 is 5.73 Å². The van der Waals surface area contributed by atoms with Gasteiger partial charge in [0.15, 0.2) is 5.82 Å². The summed E-state index contributed by atoms with van der Waals surface area (Å²) in [5, 5.41) is 12.5. The van der Waals surface area contributed by atoms with Gasteiger partial charge in [-0.25, -0.2) is 4.68 Å². The molecule has 0 atom stereocenters. The molecule has 1 aromatic carbocycles. The minimum Gasteiger partial charge on any atom is -0.399 e. The van der Waals surface area contributed by atoms with Crippen LogP contribution in [-0.4, -0.2) is 20.2 Å². The zero-order valence-corrected chi connectivity index (χ0v) is 9.93. The molecule has 1 aliphatic rings. The van der Waals surface area contributed by atoms with E-state index in [-0.39, 0.29) is 0 Å². The first-order valence-corrected chi connectivity index (χ1v) is 5.97. The molecule has 6 heteroatoms. The maximum Gasteiger partial charge on any atom is 0.183 e. The molecule has 0 amide bonds. The van der Waals surface area contributed by atoms with E-state index in [1.807, 2.05) is 10.7 Å². The maximum atomic E-state index is 6.16. The molecule has 5 nitrogen and oxygen atoms in total. The maximum absolute atomic E-state index is 6.16. The lowest BCUT2D eigenvalue weighted by atomic mass is 9.93. The molecule has 0 bridgehead atoms. The number of benzene rings is 1. The van der Waals surface area contributed by atoms with Crippen LogP contribution in [0.15, 0.2) is 18.2 Å². The predicted octanol–water partition coefficient (Wildman–Crippen LogP) is 2.30. The number of nitrogen functional groups attached to an aromatic ring is 1. The lowest BCUT2D eigenvalue weighted by Gasteiger charge is -2.25. The van der Waals surface area contributed by atoms with Gasteiger partial charge in [-0.05, 0) is 47.9 Å². The molecule has 1 heterocycles. The van der Waals surface area contributed by atoms with Crippen LogP contribution in [0.25, 0.3) is 11.4 Å². The van der Waals surface area contributed by atoms with Gasteiger partial charge in [-0.3, -0.25) is 0 Å². The van der Waals surface area contributed by atoms with E-state index in [1.165, 1.54) is 6.42 Å². The SMILES string of the molecule is Nc1ccc(Cl)c(-c2nnnn2C2CCC2)c1. The number of halogens is 1. The Morgan fingerprint density at radius 2 is 2.18 bits per heavy atom. The molecule has 1 aliphatic carbocycles. The molecular formula is C11H12ClN5. The number of hydrogen-bond acceptors (Lipinski definition) is 4. The normalized spacial score (nSPS) is 15.8. The number of rotatable bonds is 2. The lowest BCUT2D eigenvalue weighted by molar-refractivity contribution is 0.287. The monoisotopic (exact) mass is 249 g/mol. The van der Waals surface area contributed by atoms with Crippen molar-refractivity contribution in [1.82, 2.24) is 20.2 Å². The van der Waals surface area contributed by atoms with Crippen molar-refractivity contribution < 1.29 is 0 Å². The molecular weight excluding hydrogens is 238 g/mol. The molecule has 0 unspecified atom stereocenters. The zero-order chi connectivity index (χ0) is 11.8. The summed E-state index contributed by atoms with van der Waals surface area (Å²) in [6.45, 7) is 0. The fraction of sp³-hybridized carbons (Fsp3) is 0.364. The number of anilines is 1. The molecule has 88 valence electrons. The summed E-state index contributed by atoms with van der Waals surface area (Å²) in [5.74, 6) is 0.701. The van der Waals surface area contributed by atoms with Gasteiger partial charge < -0.3 is 5.73 Å². The average Bonchev–Trinajstić information content (AvgIpc) is 2.68. The number of hydrogen-bond donors (Lipinski definition) is 1. The third-order valence-electron chi connectivity index (χ3n) is 3.14. The second kappa shape index (κ2) is 4.00. The van der Waals surface area contributed by atoms with Crippen LogP contribution in [-0.2, 0) is 0 Å². The van der Waals surface area contributed by atoms with Gasteiger partial charge in [0, 0.05) is 11.3 Å². The first-order chi connectivity index (χ1) is 8.25. The van der Waals surface area contributed by atoms with Crippen LogP contribution in [0.4, 0.5) is 5.69 Å². The van der Waals surface area contributed by atoms with Gasteiger partial charge in [-0.15, -0.1) is 5.10 Å². The third kappa shape index (κ3) is 1.76. The van der Waals surface area contributed by atoms with Crippen molar-refractivity contribution in [3.63, 3.8) is 0 Å². The van der Waals surface area contributed by atoms with Gasteiger partial charge in [0.05, 0.1) is 11.1 Å². The first-order valence-electron chi connectivity index (χ1n) is 5.59. The summed E-state index contributed by atoms with van der Waals surface area (Å²) in [6.07, 6.45) is 3.48. The molecule has 17 heavy (non-hydrogen) atoms. The number of nitrogens with two attached hydrogens (primary N) is 1. The van der Waals surface area contributed by atoms with Crippen LogP contribution >= 0.6 is 11.6 Å². The van der Waals surface area contributed by atoms with Gasteiger partial charge in [-0.2, -0.15) is 0 Å². The molecule has 0 spiro atoms. The van der Waals surface area contributed by atoms with Crippen molar-refractivity contribution in [3.8, 4) is 11.4 Å². The van der Waals surface area contributed by atoms with Crippen LogP contribution in [0.1, 0.15) is 25.3 Å². The van der Waals surface area contributed by atoms with Crippen molar-refractivity contribution in [1.29, 1.82) is 0 Å². The van der Waals surface area contributed by atoms with Crippen LogP contribution in [0.2, 0.25) is 5.02 Å². The van der Waals surface area contributed by atoms with E-state index >= 15 is 0 Å². The zero-order valence-electron chi connectivity index (χ0n) is 9.17. The number of tetrazole rings is 1. The van der Waals surface area contributed by atoms with Crippen LogP contribution in [0, 0.1) is 0 Å². The van der Waals surface area contributed by atoms with Gasteiger partial charge in [0.1, 0.15) is 0 Å². The van der Waals surface area contributed by atoms with E-state index in [9.17, 15) is 0 Å². The fourth-order valence-electron chi connectivity index (χ4n) is 1.96. The van der Waals surface area contributed by atoms with Crippen molar-refractivity contribution in [3.05, 3.63) is 23.2 Å². The summed E-state index contributed by atoms with van der Waals surface area (Å²) < 4.78 is 1.85. The van der Waals surface area contributed by atoms with E-state index in [4.69, 9.17) is 17.3 Å². The number of nitrogens with zero attached hydrogens (tertiary/aromatic N) is 4. The molecule has 0 saturated heterocycles. The van der Waals surface area contributed by atoms with Gasteiger partial charge in [-0.1, -0.05) is 11.6 Å². The summed E-state index contributed by atoms with van der Waals surface area (Å²) in [4.78, 5) is 0. The van der Waals surface area contributed by atoms with E-state index in [1.54, 1.807) is 12.1 Å². The predicted molar refractivity (Wildman–Crippen MR) is 65.6 cm³/mol. The van der Waals surface area contributed by atoms with Crippen molar-refractivity contribution >= 4 is 17.3 Å². The Morgan fingerprint density at radius 1 is 1.35 bits per heavy atom. The van der Waals surface area contributed by atoms with Gasteiger partial charge in [0.25, 0.3) is 0 Å². The molecule has 0 radical (unpaired) electrons. The highest BCUT2D eigenvalue weighted by molar-refractivity contribution is 6.33. The van der Waals surface area contributed by atoms with Crippen LogP contribution in [0.3, 0.4) is 0 Å². The number of aromatic nitrogens is 4. The lowest BCUT2D eigenvalue weighted by Crippen LogP contribution is -2.19. The highest BCUT2D eigenvalue weighted by Crippen LogP contribution is 2.35. The van der Waals surface area contributed by atoms with E-state index in [2.05, 4.69) is 15.5 Å². The molecule has 1 fully saturated rings. The van der Waals surface area contributed by atoms with E-state index in [0.717, 1.165) is 18.4 Å². The Labute approximate surface area is 104 Å². The minimum absolute atomic E-state index is 0.400. The summed E-state index contributed by atoms with van der Waals surface area (Å²) in [7, 11) is 0. The van der Waals surface area contributed by atoms with E-state index in [0.29, 0.717) is 22.6 Å². The molecule has 1 aromatic heterocycles. The highest BCUT2D eigenvalue weighted by Gasteiger charge is 2.25. The Bertz CT molecular complexity index is 547. The van der Waals surface area contributed by atoms with Crippen LogP contribution in [0.5, 0.6) is 0 Å². The van der Waals surface area contributed by atoms with Crippen molar-refractivity contribution in [2.45, 2.75) is 25.3 Å². The molecule has 3 rings (SSSR count). The molecule has 2 aromatic rings. The Kier molecular flexibility index (Phi) is 2.48. The van der Waals surface area contributed by atoms with Gasteiger partial charge >= 0.3 is 0 Å². The highest BCUT2D eigenvalue weighted by atomic mass is 35.5. The largest absolute Gasteiger partial charge is 0.399 e. The van der Waals surface area contributed by atoms with Crippen molar-refractivity contribution in [2.75, 3.05) is 5.73 Å². The Morgan fingerprint density at radius 3 is 2.88 bits per heavy atom. The topological polar surface area (TPSA) is 69.6 Å². The van der Waals surface area contributed by atoms with E-state index < -0.39 is 0 Å². The smallest absolute Gasteiger partial charge is 0.183 e. The Balaban J connectivity index is 2.08. The first kappa shape index (κ1) is 10.5. The quantitative estimate of drug-likeness (QED) is 0.829. The van der Waals surface area contributed by atoms with Crippen molar-refractivity contribution in [2.24, 2.45) is 0 Å². The summed E-state index contributed by atoms with van der Waals surface area (Å²) in [6, 6.07) is 5.75. The molecule has 2 N–H and O–H groups in total. The third-order valence-corrected chi connectivity index (χ3v) is 3.47.